The minimum absolute atomic E-state index is 0. The van der Waals surface area contributed by atoms with Gasteiger partial charge in [0.1, 0.15) is 0 Å². The van der Waals surface area contributed by atoms with Crippen molar-refractivity contribution in [2.75, 3.05) is 11.3 Å². The van der Waals surface area contributed by atoms with E-state index >= 15 is 0 Å². The average Bonchev–Trinajstić information content (AvgIpc) is 2.24. The van der Waals surface area contributed by atoms with Crippen molar-refractivity contribution < 1.29 is 52.1 Å². The van der Waals surface area contributed by atoms with E-state index in [4.69, 9.17) is 4.74 Å². The summed E-state index contributed by atoms with van der Waals surface area (Å²) in [5.74, 6) is -0.483. The average molecular weight is 281 g/mol. The van der Waals surface area contributed by atoms with Crippen molar-refractivity contribution in [3.05, 3.63) is 29.8 Å². The van der Waals surface area contributed by atoms with Crippen molar-refractivity contribution in [2.45, 2.75) is 13.3 Å². The minimum Gasteiger partial charge on any atom is -0.731 e. The third kappa shape index (κ3) is 6.36. The van der Waals surface area contributed by atoms with Crippen LogP contribution in [0.25, 0.3) is 0 Å². The van der Waals surface area contributed by atoms with Crippen molar-refractivity contribution in [1.29, 1.82) is 0 Å². The summed E-state index contributed by atoms with van der Waals surface area (Å²) >= 11 is 0. The molecule has 0 spiro atoms. The second-order valence-electron chi connectivity index (χ2n) is 3.27. The molecule has 1 N–H and O–H groups in total. The van der Waals surface area contributed by atoms with Gasteiger partial charge in [0.15, 0.2) is 10.3 Å². The number of esters is 1. The second kappa shape index (κ2) is 7.75. The molecule has 0 heterocycles. The fourth-order valence-electron chi connectivity index (χ4n) is 1.10. The van der Waals surface area contributed by atoms with Crippen LogP contribution >= 0.6 is 0 Å². The number of carbonyl (C=O) groups excluding carboxylic acids is 1. The number of anilines is 1. The Hall–Kier alpha value is -0.600. The first kappa shape index (κ1) is 17.4. The van der Waals surface area contributed by atoms with Crippen LogP contribution in [0, 0.1) is 0 Å². The van der Waals surface area contributed by atoms with Gasteiger partial charge in [-0.05, 0) is 30.7 Å². The summed E-state index contributed by atoms with van der Waals surface area (Å²) in [5.41, 5.74) is 0.402. The zero-order valence-corrected chi connectivity index (χ0v) is 13.0. The molecule has 0 aliphatic heterocycles. The first-order valence-electron chi connectivity index (χ1n) is 4.93. The van der Waals surface area contributed by atoms with Crippen LogP contribution in [0.5, 0.6) is 0 Å². The standard InChI is InChI=1S/C10H13NO5S.Na/c1-2-7-16-10(12)8-3-5-9(6-4-8)11-17(13,14)15;/h3-6,11H,2,7H2,1H3,(H,13,14,15);/q;+1/p-1. The molecule has 1 aromatic rings. The van der Waals surface area contributed by atoms with Gasteiger partial charge in [-0.2, -0.15) is 0 Å². The van der Waals surface area contributed by atoms with E-state index in [1.165, 1.54) is 24.3 Å². The summed E-state index contributed by atoms with van der Waals surface area (Å²) in [6.45, 7) is 2.20. The Labute approximate surface area is 128 Å². The molecule has 0 radical (unpaired) electrons. The van der Waals surface area contributed by atoms with Crippen LogP contribution in [0.3, 0.4) is 0 Å². The molecule has 0 saturated heterocycles. The summed E-state index contributed by atoms with van der Waals surface area (Å²) in [6.07, 6.45) is 0.722. The second-order valence-corrected chi connectivity index (χ2v) is 4.38. The van der Waals surface area contributed by atoms with E-state index in [1.54, 1.807) is 4.72 Å². The van der Waals surface area contributed by atoms with Crippen molar-refractivity contribution >= 4 is 22.0 Å². The fourth-order valence-corrected chi connectivity index (χ4v) is 1.52. The Kier molecular flexibility index (Phi) is 7.49. The Morgan fingerprint density at radius 2 is 1.89 bits per heavy atom. The minimum atomic E-state index is -4.54. The number of hydrogen-bond donors (Lipinski definition) is 1. The third-order valence-electron chi connectivity index (χ3n) is 1.80. The normalized spacial score (nSPS) is 10.3. The van der Waals surface area contributed by atoms with Crippen LogP contribution in [0.2, 0.25) is 0 Å². The van der Waals surface area contributed by atoms with Crippen LogP contribution in [-0.4, -0.2) is 25.5 Å². The first-order valence-corrected chi connectivity index (χ1v) is 6.34. The quantitative estimate of drug-likeness (QED) is 0.387. The zero-order chi connectivity index (χ0) is 12.9. The largest absolute Gasteiger partial charge is 1.00 e. The Morgan fingerprint density at radius 1 is 1.33 bits per heavy atom. The monoisotopic (exact) mass is 281 g/mol. The van der Waals surface area contributed by atoms with Crippen molar-refractivity contribution in [3.63, 3.8) is 0 Å². The molecular weight excluding hydrogens is 269 g/mol. The molecule has 94 valence electrons. The summed E-state index contributed by atoms with van der Waals surface area (Å²) in [6, 6.07) is 5.40. The van der Waals surface area contributed by atoms with Crippen molar-refractivity contribution in [3.8, 4) is 0 Å². The molecule has 1 aromatic carbocycles. The van der Waals surface area contributed by atoms with Crippen LogP contribution in [0.4, 0.5) is 5.69 Å². The molecule has 0 amide bonds. The van der Waals surface area contributed by atoms with Crippen LogP contribution in [0.15, 0.2) is 24.3 Å². The molecule has 18 heavy (non-hydrogen) atoms. The molecule has 1 rings (SSSR count). The van der Waals surface area contributed by atoms with Gasteiger partial charge in [0.25, 0.3) is 0 Å². The SMILES string of the molecule is CCCOC(=O)c1ccc(NS(=O)(=O)[O-])cc1.[Na+]. The van der Waals surface area contributed by atoms with E-state index < -0.39 is 16.3 Å². The number of hydrogen-bond acceptors (Lipinski definition) is 5. The molecule has 6 nitrogen and oxygen atoms in total. The smallest absolute Gasteiger partial charge is 0.731 e. The molecule has 0 aliphatic rings. The van der Waals surface area contributed by atoms with Crippen LogP contribution in [-0.2, 0) is 15.0 Å². The van der Waals surface area contributed by atoms with E-state index in [-0.39, 0.29) is 35.2 Å². The number of carbonyl (C=O) groups is 1. The summed E-state index contributed by atoms with van der Waals surface area (Å²) in [7, 11) is -4.54. The van der Waals surface area contributed by atoms with Crippen molar-refractivity contribution in [2.24, 2.45) is 0 Å². The molecule has 0 saturated carbocycles. The van der Waals surface area contributed by atoms with Crippen LogP contribution in [0.1, 0.15) is 23.7 Å². The van der Waals surface area contributed by atoms with Gasteiger partial charge in [-0.25, -0.2) is 13.2 Å². The molecule has 0 bridgehead atoms. The summed E-state index contributed by atoms with van der Waals surface area (Å²) in [4.78, 5) is 11.4. The molecule has 8 heteroatoms. The molecule has 0 unspecified atom stereocenters. The van der Waals surface area contributed by atoms with Gasteiger partial charge in [-0.1, -0.05) is 6.92 Å². The Morgan fingerprint density at radius 3 is 2.33 bits per heavy atom. The number of nitrogens with one attached hydrogen (secondary N) is 1. The van der Waals surface area contributed by atoms with E-state index in [0.717, 1.165) is 6.42 Å². The number of benzene rings is 1. The Bertz CT molecular complexity index is 485. The van der Waals surface area contributed by atoms with Gasteiger partial charge in [0.05, 0.1) is 12.2 Å². The number of rotatable bonds is 5. The predicted octanol–water partition coefficient (Wildman–Crippen LogP) is -1.87. The molecule has 0 aliphatic carbocycles. The predicted molar refractivity (Wildman–Crippen MR) is 60.3 cm³/mol. The fraction of sp³-hybridized carbons (Fsp3) is 0.300. The van der Waals surface area contributed by atoms with Gasteiger partial charge in [-0.15, -0.1) is 0 Å². The van der Waals surface area contributed by atoms with Gasteiger partial charge in [0.2, 0.25) is 0 Å². The van der Waals surface area contributed by atoms with Crippen molar-refractivity contribution in [1.82, 2.24) is 0 Å². The molecule has 0 aromatic heterocycles. The van der Waals surface area contributed by atoms with E-state index in [0.29, 0.717) is 12.2 Å². The molecular formula is C10H12NNaO5S. The Balaban J connectivity index is 0.00000289. The maximum atomic E-state index is 11.4. The maximum Gasteiger partial charge on any atom is 1.00 e. The summed E-state index contributed by atoms with van der Waals surface area (Å²) < 4.78 is 37.8. The van der Waals surface area contributed by atoms with Gasteiger partial charge in [-0.3, -0.25) is 4.72 Å². The first-order chi connectivity index (χ1) is 7.92. The number of ether oxygens (including phenoxy) is 1. The zero-order valence-electron chi connectivity index (χ0n) is 10.2. The van der Waals surface area contributed by atoms with E-state index in [1.807, 2.05) is 6.92 Å². The van der Waals surface area contributed by atoms with E-state index in [2.05, 4.69) is 0 Å². The van der Waals surface area contributed by atoms with Gasteiger partial charge in [0, 0.05) is 5.69 Å². The van der Waals surface area contributed by atoms with Crippen LogP contribution < -0.4 is 34.3 Å². The topological polar surface area (TPSA) is 95.5 Å². The molecule has 0 fully saturated rings. The van der Waals surface area contributed by atoms with Gasteiger partial charge >= 0.3 is 35.5 Å². The maximum absolute atomic E-state index is 11.4. The van der Waals surface area contributed by atoms with Gasteiger partial charge < -0.3 is 9.29 Å². The summed E-state index contributed by atoms with van der Waals surface area (Å²) in [5, 5.41) is 0. The molecule has 0 atom stereocenters. The van der Waals surface area contributed by atoms with E-state index in [9.17, 15) is 17.8 Å². The third-order valence-corrected chi connectivity index (χ3v) is 2.29.